The minimum atomic E-state index is 0. The Morgan fingerprint density at radius 1 is 1.00 bits per heavy atom. The summed E-state index contributed by atoms with van der Waals surface area (Å²) < 4.78 is 0. The van der Waals surface area contributed by atoms with E-state index in [-0.39, 0.29) is 45.4 Å². The molecule has 0 aromatic carbocycles. The molecule has 0 heterocycles. The van der Waals surface area contributed by atoms with Crippen molar-refractivity contribution in [3.63, 3.8) is 0 Å². The second-order valence-electron chi connectivity index (χ2n) is 0. The van der Waals surface area contributed by atoms with Crippen LogP contribution in [-0.4, -0.2) is 11.0 Å². The quantitative estimate of drug-likeness (QED) is 0.329. The summed E-state index contributed by atoms with van der Waals surface area (Å²) in [7, 11) is 0. The van der Waals surface area contributed by atoms with Gasteiger partial charge in [-0.1, -0.05) is 7.43 Å². The zero-order valence-electron chi connectivity index (χ0n) is 1.59. The van der Waals surface area contributed by atoms with Gasteiger partial charge in [-0.2, -0.15) is 9.90 Å². The van der Waals surface area contributed by atoms with Crippen LogP contribution in [0.3, 0.4) is 0 Å². The first-order valence-corrected chi connectivity index (χ1v) is 0. The topological polar surface area (TPSA) is 0 Å². The van der Waals surface area contributed by atoms with Crippen molar-refractivity contribution in [3.8, 4) is 0 Å². The molecule has 0 N–H and O–H groups in total. The number of rotatable bonds is 0. The Labute approximate surface area is 45.9 Å². The fourth-order valence-corrected chi connectivity index (χ4v) is 0. The van der Waals surface area contributed by atoms with E-state index >= 15 is 0 Å². The number of hydrogen-bond acceptors (Lipinski definition) is 0. The first-order valence-electron chi connectivity index (χ1n) is 0. The Kier molecular flexibility index (Phi) is 506. The van der Waals surface area contributed by atoms with Crippen LogP contribution < -0.4 is 0 Å². The molecule has 3 heteroatoms. The fourth-order valence-electron chi connectivity index (χ4n) is 0. The SMILES string of the molecule is C.P.[Mn].[Si]. The van der Waals surface area contributed by atoms with Crippen molar-refractivity contribution in [3.05, 3.63) is 0 Å². The standard InChI is InChI=1S/CH4.Mn.H3P.Si/h1H4;;1H3;. The summed E-state index contributed by atoms with van der Waals surface area (Å²) in [6.07, 6.45) is 0. The summed E-state index contributed by atoms with van der Waals surface area (Å²) in [4.78, 5) is 0. The molecule has 4 heavy (non-hydrogen) atoms. The van der Waals surface area contributed by atoms with Crippen molar-refractivity contribution < 1.29 is 17.1 Å². The summed E-state index contributed by atoms with van der Waals surface area (Å²) in [5.74, 6) is 0. The maximum absolute atomic E-state index is 0. The predicted molar refractivity (Wildman–Crippen MR) is 23.6 cm³/mol. The van der Waals surface area contributed by atoms with Crippen LogP contribution in [0.1, 0.15) is 7.43 Å². The van der Waals surface area contributed by atoms with E-state index in [0.717, 1.165) is 0 Å². The summed E-state index contributed by atoms with van der Waals surface area (Å²) >= 11 is 0. The molecule has 27 valence electrons. The van der Waals surface area contributed by atoms with Gasteiger partial charge in [-0.05, 0) is 0 Å². The molecule has 1 atom stereocenters. The van der Waals surface area contributed by atoms with Crippen LogP contribution >= 0.6 is 9.90 Å². The van der Waals surface area contributed by atoms with Crippen LogP contribution in [0.5, 0.6) is 0 Å². The van der Waals surface area contributed by atoms with Gasteiger partial charge in [-0.25, -0.2) is 0 Å². The van der Waals surface area contributed by atoms with E-state index in [1.165, 1.54) is 0 Å². The molecule has 0 rings (SSSR count). The molecule has 0 aromatic heterocycles. The third-order valence-electron chi connectivity index (χ3n) is 0. The Morgan fingerprint density at radius 2 is 1.00 bits per heavy atom. The van der Waals surface area contributed by atoms with Crippen LogP contribution in [0.15, 0.2) is 0 Å². The van der Waals surface area contributed by atoms with Gasteiger partial charge in [0.05, 0.1) is 0 Å². The third kappa shape index (κ3) is 10.9. The molecular formula is CH7MnPSi. The third-order valence-corrected chi connectivity index (χ3v) is 0. The Hall–Kier alpha value is 1.17. The molecule has 0 nitrogen and oxygen atoms in total. The summed E-state index contributed by atoms with van der Waals surface area (Å²) in [5, 5.41) is 0. The largest absolute Gasteiger partial charge is 0.153 e. The maximum atomic E-state index is 0. The van der Waals surface area contributed by atoms with Crippen LogP contribution in [-0.2, 0) is 17.1 Å². The van der Waals surface area contributed by atoms with Crippen LogP contribution in [0.25, 0.3) is 0 Å². The molecule has 0 aromatic rings. The second-order valence-corrected chi connectivity index (χ2v) is 0. The van der Waals surface area contributed by atoms with Gasteiger partial charge in [-0.3, -0.25) is 0 Å². The molecule has 0 saturated heterocycles. The molecule has 0 aliphatic carbocycles. The van der Waals surface area contributed by atoms with Gasteiger partial charge >= 0.3 is 0 Å². The zero-order valence-corrected chi connectivity index (χ0v) is 5.18. The van der Waals surface area contributed by atoms with Gasteiger partial charge in [0, 0.05) is 28.0 Å². The summed E-state index contributed by atoms with van der Waals surface area (Å²) in [5.41, 5.74) is 0. The van der Waals surface area contributed by atoms with Crippen molar-refractivity contribution >= 4 is 20.9 Å². The van der Waals surface area contributed by atoms with E-state index in [9.17, 15) is 0 Å². The van der Waals surface area contributed by atoms with E-state index in [1.54, 1.807) is 0 Å². The molecule has 0 aliphatic rings. The van der Waals surface area contributed by atoms with Crippen molar-refractivity contribution in [2.24, 2.45) is 0 Å². The Morgan fingerprint density at radius 3 is 1.00 bits per heavy atom. The van der Waals surface area contributed by atoms with Crippen LogP contribution in [0, 0.1) is 0 Å². The molecular weight excluding hydrogens is 126 g/mol. The van der Waals surface area contributed by atoms with E-state index in [0.29, 0.717) is 0 Å². The van der Waals surface area contributed by atoms with Gasteiger partial charge in [0.1, 0.15) is 0 Å². The Balaban J connectivity index is 0. The molecule has 0 spiro atoms. The van der Waals surface area contributed by atoms with E-state index in [1.807, 2.05) is 0 Å². The minimum absolute atomic E-state index is 0. The normalized spacial score (nSPS) is 0. The van der Waals surface area contributed by atoms with Gasteiger partial charge in [0.2, 0.25) is 0 Å². The average Bonchev–Trinajstić information content (AvgIpc) is 0. The van der Waals surface area contributed by atoms with Gasteiger partial charge in [-0.15, -0.1) is 0 Å². The van der Waals surface area contributed by atoms with Crippen molar-refractivity contribution in [1.29, 1.82) is 0 Å². The van der Waals surface area contributed by atoms with E-state index < -0.39 is 0 Å². The smallest absolute Gasteiger partial charge is 0 e. The zero-order chi connectivity index (χ0) is 0. The summed E-state index contributed by atoms with van der Waals surface area (Å²) in [6, 6.07) is 0. The number of hydrogen-bond donors (Lipinski definition) is 0. The molecule has 0 saturated carbocycles. The van der Waals surface area contributed by atoms with E-state index in [2.05, 4.69) is 0 Å². The fraction of sp³-hybridized carbons (Fsp3) is 1.00. The molecule has 0 aliphatic heterocycles. The average molecular weight is 133 g/mol. The molecule has 1 unspecified atom stereocenters. The monoisotopic (exact) mass is 133 g/mol. The Bertz CT molecular complexity index is 8.00. The van der Waals surface area contributed by atoms with Crippen molar-refractivity contribution in [2.45, 2.75) is 7.43 Å². The van der Waals surface area contributed by atoms with Gasteiger partial charge < -0.3 is 0 Å². The first kappa shape index (κ1) is 65.9. The van der Waals surface area contributed by atoms with Crippen molar-refractivity contribution in [2.75, 3.05) is 0 Å². The summed E-state index contributed by atoms with van der Waals surface area (Å²) in [6.45, 7) is 0. The van der Waals surface area contributed by atoms with Gasteiger partial charge in [0.15, 0.2) is 0 Å². The maximum Gasteiger partial charge on any atom is 0 e. The molecule has 0 amide bonds. The molecule has 0 fully saturated rings. The predicted octanol–water partition coefficient (Wildman–Crippen LogP) is 0.311. The first-order chi connectivity index (χ1) is 0. The van der Waals surface area contributed by atoms with Crippen molar-refractivity contribution in [1.82, 2.24) is 0 Å². The van der Waals surface area contributed by atoms with Gasteiger partial charge in [0.25, 0.3) is 0 Å². The second kappa shape index (κ2) is 30.7. The minimum Gasteiger partial charge on any atom is -0.153 e. The van der Waals surface area contributed by atoms with E-state index in [4.69, 9.17) is 0 Å². The molecule has 5 radical (unpaired) electrons. The van der Waals surface area contributed by atoms with Crippen LogP contribution in [0.2, 0.25) is 0 Å². The molecule has 0 bridgehead atoms. The van der Waals surface area contributed by atoms with Crippen LogP contribution in [0.4, 0.5) is 0 Å².